The monoisotopic (exact) mass is 373 g/mol. The van der Waals surface area contributed by atoms with Crippen LogP contribution < -0.4 is 4.72 Å². The molecule has 0 aromatic heterocycles. The summed E-state index contributed by atoms with van der Waals surface area (Å²) in [5.41, 5.74) is 0. The minimum Gasteiger partial charge on any atom is -0.481 e. The fraction of sp³-hybridized carbons (Fsp3) is 0.900. The van der Waals surface area contributed by atoms with Crippen LogP contribution in [0, 0.1) is 0 Å². The molecule has 0 saturated heterocycles. The third kappa shape index (κ3) is 21.2. The molecular formula is C20H39NO3S. The van der Waals surface area contributed by atoms with Crippen molar-refractivity contribution < 1.29 is 14.7 Å². The van der Waals surface area contributed by atoms with Gasteiger partial charge in [-0.05, 0) is 12.8 Å². The molecule has 0 saturated carbocycles. The van der Waals surface area contributed by atoms with Crippen molar-refractivity contribution in [2.45, 2.75) is 110 Å². The number of amides is 1. The molecule has 0 spiro atoms. The first-order chi connectivity index (χ1) is 12.2. The summed E-state index contributed by atoms with van der Waals surface area (Å²) in [4.78, 5) is 21.9. The molecule has 2 N–H and O–H groups in total. The number of carboxylic acids is 1. The van der Waals surface area contributed by atoms with Crippen LogP contribution >= 0.6 is 11.9 Å². The lowest BCUT2D eigenvalue weighted by molar-refractivity contribution is -0.137. The molecular weight excluding hydrogens is 334 g/mol. The second-order valence-electron chi connectivity index (χ2n) is 6.86. The Labute approximate surface area is 159 Å². The molecule has 0 atom stereocenters. The Morgan fingerprint density at radius 3 is 1.68 bits per heavy atom. The number of hydrogen-bond donors (Lipinski definition) is 2. The van der Waals surface area contributed by atoms with Gasteiger partial charge < -0.3 is 9.83 Å². The Bertz CT molecular complexity index is 324. The van der Waals surface area contributed by atoms with Crippen molar-refractivity contribution in [1.29, 1.82) is 0 Å². The van der Waals surface area contributed by atoms with Gasteiger partial charge in [0.2, 0.25) is 5.91 Å². The fourth-order valence-electron chi connectivity index (χ4n) is 2.78. The van der Waals surface area contributed by atoms with Gasteiger partial charge in [0.05, 0.1) is 0 Å². The van der Waals surface area contributed by atoms with Crippen LogP contribution in [0.25, 0.3) is 0 Å². The summed E-state index contributed by atoms with van der Waals surface area (Å²) in [5, 5.41) is 8.51. The van der Waals surface area contributed by atoms with Crippen LogP contribution in [0.4, 0.5) is 0 Å². The lowest BCUT2D eigenvalue weighted by atomic mass is 10.0. The highest BCUT2D eigenvalue weighted by Crippen LogP contribution is 2.13. The normalized spacial score (nSPS) is 10.8. The van der Waals surface area contributed by atoms with E-state index in [0.29, 0.717) is 18.6 Å². The zero-order chi connectivity index (χ0) is 18.6. The molecule has 0 heterocycles. The van der Waals surface area contributed by atoms with E-state index in [9.17, 15) is 9.59 Å². The largest absolute Gasteiger partial charge is 0.481 e. The minimum atomic E-state index is -0.779. The molecule has 0 rings (SSSR count). The summed E-state index contributed by atoms with van der Waals surface area (Å²) in [6.07, 6.45) is 18.4. The number of carbonyl (C=O) groups excluding carboxylic acids is 1. The van der Waals surface area contributed by atoms with E-state index in [0.717, 1.165) is 12.8 Å². The third-order valence-corrected chi connectivity index (χ3v) is 5.20. The van der Waals surface area contributed by atoms with Gasteiger partial charge in [-0.15, -0.1) is 0 Å². The van der Waals surface area contributed by atoms with Gasteiger partial charge in [-0.1, -0.05) is 95.9 Å². The maximum absolute atomic E-state index is 11.6. The van der Waals surface area contributed by atoms with E-state index >= 15 is 0 Å². The van der Waals surface area contributed by atoms with Crippen LogP contribution in [0.15, 0.2) is 0 Å². The summed E-state index contributed by atoms with van der Waals surface area (Å²) in [6, 6.07) is 0. The molecule has 0 aliphatic carbocycles. The highest BCUT2D eigenvalue weighted by Gasteiger charge is 2.02. The van der Waals surface area contributed by atoms with E-state index in [-0.39, 0.29) is 12.3 Å². The number of aliphatic carboxylic acids is 1. The molecule has 25 heavy (non-hydrogen) atoms. The molecule has 0 aromatic rings. The van der Waals surface area contributed by atoms with Crippen molar-refractivity contribution >= 4 is 23.8 Å². The Morgan fingerprint density at radius 2 is 1.20 bits per heavy atom. The summed E-state index contributed by atoms with van der Waals surface area (Å²) in [6.45, 7) is 2.26. The van der Waals surface area contributed by atoms with E-state index in [2.05, 4.69) is 11.6 Å². The number of nitrogens with one attached hydrogen (secondary N) is 1. The summed E-state index contributed by atoms with van der Waals surface area (Å²) in [7, 11) is 0. The van der Waals surface area contributed by atoms with Gasteiger partial charge in [-0.2, -0.15) is 0 Å². The Kier molecular flexibility index (Phi) is 19.1. The smallest absolute Gasteiger partial charge is 0.303 e. The lowest BCUT2D eigenvalue weighted by Crippen LogP contribution is -2.15. The average Bonchev–Trinajstić information content (AvgIpc) is 2.58. The number of carbonyl (C=O) groups is 2. The van der Waals surface area contributed by atoms with Gasteiger partial charge in [0.25, 0.3) is 0 Å². The summed E-state index contributed by atoms with van der Waals surface area (Å²) >= 11 is 1.33. The van der Waals surface area contributed by atoms with Gasteiger partial charge in [0.1, 0.15) is 0 Å². The van der Waals surface area contributed by atoms with Gasteiger partial charge in [0.15, 0.2) is 0 Å². The topological polar surface area (TPSA) is 66.4 Å². The molecule has 4 nitrogen and oxygen atoms in total. The van der Waals surface area contributed by atoms with Crippen LogP contribution in [0.5, 0.6) is 0 Å². The zero-order valence-electron chi connectivity index (χ0n) is 16.2. The second kappa shape index (κ2) is 19.6. The Hall–Kier alpha value is -0.710. The third-order valence-electron chi connectivity index (χ3n) is 4.33. The molecule has 0 radical (unpaired) electrons. The standard InChI is InChI=1S/C20H39NO3S/c1-2-3-4-5-6-7-8-9-10-11-12-13-14-16-19(22)21-25-18-15-17-20(23)24/h2-18H2,1H3,(H,21,22)(H,23,24). The predicted octanol–water partition coefficient (Wildman–Crippen LogP) is 6.10. The lowest BCUT2D eigenvalue weighted by Gasteiger charge is -2.04. The zero-order valence-corrected chi connectivity index (χ0v) is 17.0. The second-order valence-corrected chi connectivity index (χ2v) is 7.76. The van der Waals surface area contributed by atoms with E-state index in [1.54, 1.807) is 0 Å². The van der Waals surface area contributed by atoms with Crippen LogP contribution in [0.1, 0.15) is 110 Å². The number of hydrogen-bond acceptors (Lipinski definition) is 3. The summed E-state index contributed by atoms with van der Waals surface area (Å²) in [5.74, 6) is -0.0429. The van der Waals surface area contributed by atoms with E-state index in [1.807, 2.05) is 0 Å². The highest BCUT2D eigenvalue weighted by molar-refractivity contribution is 7.97. The van der Waals surface area contributed by atoms with Crippen molar-refractivity contribution in [2.24, 2.45) is 0 Å². The van der Waals surface area contributed by atoms with E-state index in [4.69, 9.17) is 5.11 Å². The SMILES string of the molecule is CCCCCCCCCCCCCCCC(=O)NSCCCC(=O)O. The molecule has 0 aliphatic heterocycles. The molecule has 0 aromatic carbocycles. The highest BCUT2D eigenvalue weighted by atomic mass is 32.2. The van der Waals surface area contributed by atoms with Gasteiger partial charge >= 0.3 is 5.97 Å². The molecule has 5 heteroatoms. The van der Waals surface area contributed by atoms with Crippen LogP contribution in [-0.2, 0) is 9.59 Å². The molecule has 148 valence electrons. The maximum atomic E-state index is 11.6. The van der Waals surface area contributed by atoms with Crippen LogP contribution in [0.2, 0.25) is 0 Å². The number of carboxylic acid groups (broad SMARTS) is 1. The summed E-state index contributed by atoms with van der Waals surface area (Å²) < 4.78 is 2.78. The molecule has 0 aliphatic rings. The van der Waals surface area contributed by atoms with E-state index in [1.165, 1.54) is 82.6 Å². The van der Waals surface area contributed by atoms with Crippen molar-refractivity contribution in [3.8, 4) is 0 Å². The Morgan fingerprint density at radius 1 is 0.720 bits per heavy atom. The van der Waals surface area contributed by atoms with Crippen molar-refractivity contribution in [2.75, 3.05) is 5.75 Å². The van der Waals surface area contributed by atoms with Crippen LogP contribution in [-0.4, -0.2) is 22.7 Å². The molecule has 0 bridgehead atoms. The van der Waals surface area contributed by atoms with E-state index < -0.39 is 5.97 Å². The molecule has 1 amide bonds. The minimum absolute atomic E-state index is 0.0726. The number of rotatable bonds is 19. The van der Waals surface area contributed by atoms with Gasteiger partial charge in [-0.25, -0.2) is 0 Å². The van der Waals surface area contributed by atoms with Gasteiger partial charge in [0, 0.05) is 18.6 Å². The van der Waals surface area contributed by atoms with Crippen molar-refractivity contribution in [3.63, 3.8) is 0 Å². The molecule has 0 fully saturated rings. The first-order valence-corrected chi connectivity index (χ1v) is 11.3. The number of unbranched alkanes of at least 4 members (excludes halogenated alkanes) is 12. The average molecular weight is 374 g/mol. The molecule has 0 unspecified atom stereocenters. The predicted molar refractivity (Wildman–Crippen MR) is 108 cm³/mol. The van der Waals surface area contributed by atoms with Crippen molar-refractivity contribution in [3.05, 3.63) is 0 Å². The fourth-order valence-corrected chi connectivity index (χ4v) is 3.44. The van der Waals surface area contributed by atoms with Crippen LogP contribution in [0.3, 0.4) is 0 Å². The maximum Gasteiger partial charge on any atom is 0.303 e. The quantitative estimate of drug-likeness (QED) is 0.212. The van der Waals surface area contributed by atoms with Gasteiger partial charge in [-0.3, -0.25) is 9.59 Å². The first kappa shape index (κ1) is 24.3. The Balaban J connectivity index is 3.14. The van der Waals surface area contributed by atoms with Crippen molar-refractivity contribution in [1.82, 2.24) is 4.72 Å². The first-order valence-electron chi connectivity index (χ1n) is 10.3.